The van der Waals surface area contributed by atoms with Gasteiger partial charge in [0.15, 0.2) is 5.17 Å². The van der Waals surface area contributed by atoms with Crippen LogP contribution in [0.2, 0.25) is 0 Å². The summed E-state index contributed by atoms with van der Waals surface area (Å²) in [5.74, 6) is 0.718. The second-order valence-corrected chi connectivity index (χ2v) is 4.35. The smallest absolute Gasteiger partial charge is 0.254 e. The second kappa shape index (κ2) is 3.47. The van der Waals surface area contributed by atoms with E-state index >= 15 is 0 Å². The summed E-state index contributed by atoms with van der Waals surface area (Å²) in [5.41, 5.74) is 5.16. The first-order valence-corrected chi connectivity index (χ1v) is 5.08. The molecule has 1 aliphatic heterocycles. The Hall–Kier alpha value is -0.510. The van der Waals surface area contributed by atoms with E-state index in [9.17, 15) is 4.79 Å². The highest BCUT2D eigenvalue weighted by Crippen LogP contribution is 2.32. The third-order valence-electron chi connectivity index (χ3n) is 2.07. The van der Waals surface area contributed by atoms with E-state index in [1.54, 1.807) is 0 Å². The summed E-state index contributed by atoms with van der Waals surface area (Å²) in [7, 11) is 0. The van der Waals surface area contributed by atoms with E-state index in [2.05, 4.69) is 11.9 Å². The molecular weight excluding hydrogens is 172 g/mol. The summed E-state index contributed by atoms with van der Waals surface area (Å²) < 4.78 is 0. The zero-order valence-corrected chi connectivity index (χ0v) is 8.28. The molecule has 2 N–H and O–H groups in total. The van der Waals surface area contributed by atoms with Crippen LogP contribution in [0.3, 0.4) is 0 Å². The highest BCUT2D eigenvalue weighted by atomic mass is 32.2. The fourth-order valence-corrected chi connectivity index (χ4v) is 2.17. The topological polar surface area (TPSA) is 55.4 Å². The molecule has 0 bridgehead atoms. The summed E-state index contributed by atoms with van der Waals surface area (Å²) in [5, 5.41) is 0.411. The van der Waals surface area contributed by atoms with Crippen molar-refractivity contribution in [2.24, 2.45) is 16.1 Å². The lowest BCUT2D eigenvalue weighted by Crippen LogP contribution is -2.35. The third kappa shape index (κ3) is 1.80. The van der Waals surface area contributed by atoms with Gasteiger partial charge in [0.1, 0.15) is 0 Å². The van der Waals surface area contributed by atoms with Crippen LogP contribution in [-0.2, 0) is 4.79 Å². The van der Waals surface area contributed by atoms with E-state index in [-0.39, 0.29) is 11.3 Å². The molecule has 1 heterocycles. The summed E-state index contributed by atoms with van der Waals surface area (Å²) in [6.45, 7) is 4.03. The van der Waals surface area contributed by atoms with Gasteiger partial charge in [-0.2, -0.15) is 4.99 Å². The van der Waals surface area contributed by atoms with Crippen LogP contribution in [0.5, 0.6) is 0 Å². The average Bonchev–Trinajstić information content (AvgIpc) is 1.99. The lowest BCUT2D eigenvalue weighted by Gasteiger charge is -2.27. The number of nitrogens with zero attached hydrogens (tertiary/aromatic N) is 1. The minimum Gasteiger partial charge on any atom is -0.378 e. The van der Waals surface area contributed by atoms with Gasteiger partial charge in [-0.05, 0) is 13.3 Å². The van der Waals surface area contributed by atoms with Gasteiger partial charge < -0.3 is 5.73 Å². The van der Waals surface area contributed by atoms with Crippen LogP contribution < -0.4 is 5.73 Å². The summed E-state index contributed by atoms with van der Waals surface area (Å²) in [6, 6.07) is 0. The van der Waals surface area contributed by atoms with Gasteiger partial charge in [-0.15, -0.1) is 0 Å². The predicted octanol–water partition coefficient (Wildman–Crippen LogP) is 1.38. The van der Waals surface area contributed by atoms with Crippen LogP contribution in [0, 0.1) is 5.41 Å². The van der Waals surface area contributed by atoms with Crippen molar-refractivity contribution in [2.75, 3.05) is 5.75 Å². The van der Waals surface area contributed by atoms with Gasteiger partial charge >= 0.3 is 0 Å². The van der Waals surface area contributed by atoms with Gasteiger partial charge in [-0.1, -0.05) is 25.1 Å². The standard InChI is InChI=1S/C8H14N2OS/c1-3-4-8(2)5-12-7(9)10-6(8)11/h3-5H2,1-2H3,(H2,9,10,11). The zero-order chi connectivity index (χ0) is 9.19. The molecule has 0 radical (unpaired) electrons. The minimum atomic E-state index is -0.276. The maximum Gasteiger partial charge on any atom is 0.254 e. The molecule has 0 aromatic heterocycles. The first kappa shape index (κ1) is 9.58. The van der Waals surface area contributed by atoms with Crippen molar-refractivity contribution in [1.82, 2.24) is 0 Å². The molecule has 1 atom stereocenters. The molecule has 12 heavy (non-hydrogen) atoms. The molecule has 1 amide bonds. The molecule has 0 aromatic carbocycles. The lowest BCUT2D eigenvalue weighted by molar-refractivity contribution is -0.125. The second-order valence-electron chi connectivity index (χ2n) is 3.35. The van der Waals surface area contributed by atoms with Crippen molar-refractivity contribution >= 4 is 22.8 Å². The van der Waals surface area contributed by atoms with E-state index < -0.39 is 0 Å². The number of thioether (sulfide) groups is 1. The van der Waals surface area contributed by atoms with Crippen molar-refractivity contribution in [2.45, 2.75) is 26.7 Å². The zero-order valence-electron chi connectivity index (χ0n) is 7.46. The highest BCUT2D eigenvalue weighted by molar-refractivity contribution is 8.13. The van der Waals surface area contributed by atoms with E-state index in [4.69, 9.17) is 5.73 Å². The first-order valence-electron chi connectivity index (χ1n) is 4.10. The Kier molecular flexibility index (Phi) is 2.77. The number of hydrogen-bond donors (Lipinski definition) is 1. The van der Waals surface area contributed by atoms with Crippen molar-refractivity contribution in [3.8, 4) is 0 Å². The van der Waals surface area contributed by atoms with Crippen LogP contribution in [0.1, 0.15) is 26.7 Å². The number of amides is 1. The summed E-state index contributed by atoms with van der Waals surface area (Å²) in [6.07, 6.45) is 1.91. The molecule has 4 heteroatoms. The largest absolute Gasteiger partial charge is 0.378 e. The van der Waals surface area contributed by atoms with Crippen molar-refractivity contribution in [3.63, 3.8) is 0 Å². The molecule has 0 aliphatic carbocycles. The Bertz CT molecular complexity index is 227. The molecule has 0 saturated heterocycles. The fourth-order valence-electron chi connectivity index (χ4n) is 1.29. The van der Waals surface area contributed by atoms with Crippen molar-refractivity contribution < 1.29 is 4.79 Å². The molecule has 0 aromatic rings. The lowest BCUT2D eigenvalue weighted by atomic mass is 9.87. The van der Waals surface area contributed by atoms with Crippen LogP contribution in [-0.4, -0.2) is 16.8 Å². The highest BCUT2D eigenvalue weighted by Gasteiger charge is 2.35. The molecule has 0 fully saturated rings. The Morgan fingerprint density at radius 3 is 2.92 bits per heavy atom. The van der Waals surface area contributed by atoms with Gasteiger partial charge in [0.25, 0.3) is 5.91 Å². The van der Waals surface area contributed by atoms with Gasteiger partial charge in [-0.3, -0.25) is 4.79 Å². The molecule has 68 valence electrons. The van der Waals surface area contributed by atoms with Crippen LogP contribution >= 0.6 is 11.8 Å². The Labute approximate surface area is 76.8 Å². The summed E-state index contributed by atoms with van der Waals surface area (Å²) in [4.78, 5) is 15.2. The summed E-state index contributed by atoms with van der Waals surface area (Å²) >= 11 is 1.48. The fraction of sp³-hybridized carbons (Fsp3) is 0.750. The Morgan fingerprint density at radius 1 is 1.75 bits per heavy atom. The van der Waals surface area contributed by atoms with Crippen molar-refractivity contribution in [3.05, 3.63) is 0 Å². The van der Waals surface area contributed by atoms with Crippen LogP contribution in [0.15, 0.2) is 4.99 Å². The molecule has 0 spiro atoms. The maximum absolute atomic E-state index is 11.4. The third-order valence-corrected chi connectivity index (χ3v) is 3.24. The van der Waals surface area contributed by atoms with Gasteiger partial charge in [0.2, 0.25) is 0 Å². The number of carbonyl (C=O) groups excluding carboxylic acids is 1. The average molecular weight is 186 g/mol. The molecule has 1 rings (SSSR count). The molecular formula is C8H14N2OS. The number of nitrogens with two attached hydrogens (primary N) is 1. The number of aliphatic imine (C=N–C) groups is 1. The molecule has 3 nitrogen and oxygen atoms in total. The van der Waals surface area contributed by atoms with Gasteiger partial charge in [0, 0.05) is 5.75 Å². The van der Waals surface area contributed by atoms with Gasteiger partial charge in [0.05, 0.1) is 5.41 Å². The monoisotopic (exact) mass is 186 g/mol. The molecule has 1 aliphatic rings. The number of rotatable bonds is 2. The van der Waals surface area contributed by atoms with E-state index in [0.717, 1.165) is 18.6 Å². The Morgan fingerprint density at radius 2 is 2.42 bits per heavy atom. The maximum atomic E-state index is 11.4. The van der Waals surface area contributed by atoms with Crippen molar-refractivity contribution in [1.29, 1.82) is 0 Å². The quantitative estimate of drug-likeness (QED) is 0.709. The minimum absolute atomic E-state index is 0.0550. The Balaban J connectivity index is 2.75. The van der Waals surface area contributed by atoms with E-state index in [1.165, 1.54) is 11.8 Å². The first-order chi connectivity index (χ1) is 5.58. The number of carbonyl (C=O) groups is 1. The van der Waals surface area contributed by atoms with E-state index in [1.807, 2.05) is 6.92 Å². The normalized spacial score (nSPS) is 30.2. The SMILES string of the molecule is CCCC1(C)CSC(N)=NC1=O. The molecule has 1 unspecified atom stereocenters. The van der Waals surface area contributed by atoms with Gasteiger partial charge in [-0.25, -0.2) is 0 Å². The predicted molar refractivity (Wildman–Crippen MR) is 52.1 cm³/mol. The number of amidine groups is 1. The number of hydrogen-bond acceptors (Lipinski definition) is 3. The molecule has 0 saturated carbocycles. The van der Waals surface area contributed by atoms with Crippen LogP contribution in [0.25, 0.3) is 0 Å². The van der Waals surface area contributed by atoms with E-state index in [0.29, 0.717) is 5.17 Å². The van der Waals surface area contributed by atoms with Crippen LogP contribution in [0.4, 0.5) is 0 Å².